The van der Waals surface area contributed by atoms with Gasteiger partial charge in [-0.25, -0.2) is 19.3 Å². The van der Waals surface area contributed by atoms with Crippen LogP contribution in [-0.2, 0) is 0 Å². The van der Waals surface area contributed by atoms with Crippen LogP contribution in [0.15, 0.2) is 47.5 Å². The molecule has 0 saturated heterocycles. The zero-order chi connectivity index (χ0) is 23.3. The van der Waals surface area contributed by atoms with E-state index in [1.807, 2.05) is 6.92 Å². The average Bonchev–Trinajstić information content (AvgIpc) is 2.74. The Morgan fingerprint density at radius 3 is 2.56 bits per heavy atom. The van der Waals surface area contributed by atoms with Gasteiger partial charge < -0.3 is 15.0 Å². The number of hydrogen-bond acceptors (Lipinski definition) is 6. The predicted octanol–water partition coefficient (Wildman–Crippen LogP) is 3.54. The molecule has 0 unspecified atom stereocenters. The van der Waals surface area contributed by atoms with Crippen LogP contribution < -0.4 is 15.6 Å². The maximum absolute atomic E-state index is 14.1. The van der Waals surface area contributed by atoms with Crippen molar-refractivity contribution in [3.05, 3.63) is 70.2 Å². The smallest absolute Gasteiger partial charge is 0.403 e. The van der Waals surface area contributed by atoms with E-state index in [1.54, 1.807) is 6.07 Å². The van der Waals surface area contributed by atoms with Crippen LogP contribution in [0.3, 0.4) is 0 Å². The fourth-order valence-electron chi connectivity index (χ4n) is 2.89. The fraction of sp³-hybridized carbons (Fsp3) is 0.250. The van der Waals surface area contributed by atoms with Gasteiger partial charge in [-0.15, -0.1) is 13.2 Å². The first kappa shape index (κ1) is 22.8. The Bertz CT molecular complexity index is 1150. The highest BCUT2D eigenvalue weighted by molar-refractivity contribution is 5.92. The Morgan fingerprint density at radius 1 is 1.22 bits per heavy atom. The zero-order valence-electron chi connectivity index (χ0n) is 16.6. The van der Waals surface area contributed by atoms with E-state index >= 15 is 0 Å². The van der Waals surface area contributed by atoms with E-state index in [0.717, 1.165) is 18.2 Å². The number of carbonyl (C=O) groups is 1. The quantitative estimate of drug-likeness (QED) is 0.532. The lowest BCUT2D eigenvalue weighted by atomic mass is 10.0. The zero-order valence-corrected chi connectivity index (χ0v) is 16.6. The molecular formula is C20H17F4N5O3. The average molecular weight is 451 g/mol. The minimum atomic E-state index is -5.04. The molecule has 3 rings (SSSR count). The highest BCUT2D eigenvalue weighted by atomic mass is 19.4. The van der Waals surface area contributed by atoms with Crippen molar-refractivity contribution >= 4 is 5.91 Å². The first-order valence-electron chi connectivity index (χ1n) is 9.41. The van der Waals surface area contributed by atoms with Gasteiger partial charge in [0, 0.05) is 18.5 Å². The lowest BCUT2D eigenvalue weighted by Gasteiger charge is -2.19. The van der Waals surface area contributed by atoms with Crippen molar-refractivity contribution in [2.24, 2.45) is 0 Å². The summed E-state index contributed by atoms with van der Waals surface area (Å²) in [6.07, 6.45) is -1.24. The monoisotopic (exact) mass is 451 g/mol. The van der Waals surface area contributed by atoms with Gasteiger partial charge in [0.25, 0.3) is 11.5 Å². The summed E-state index contributed by atoms with van der Waals surface area (Å²) in [4.78, 5) is 39.2. The van der Waals surface area contributed by atoms with Gasteiger partial charge in [0.05, 0.1) is 6.04 Å². The third-order valence-corrected chi connectivity index (χ3v) is 4.22. The normalized spacial score (nSPS) is 12.3. The van der Waals surface area contributed by atoms with Gasteiger partial charge in [-0.1, -0.05) is 19.4 Å². The molecule has 12 heteroatoms. The van der Waals surface area contributed by atoms with Gasteiger partial charge in [0.2, 0.25) is 0 Å². The predicted molar refractivity (Wildman–Crippen MR) is 104 cm³/mol. The number of rotatable bonds is 7. The first-order chi connectivity index (χ1) is 15.2. The van der Waals surface area contributed by atoms with E-state index in [4.69, 9.17) is 0 Å². The van der Waals surface area contributed by atoms with E-state index in [9.17, 15) is 27.2 Å². The van der Waals surface area contributed by atoms with E-state index < -0.39 is 35.4 Å². The summed E-state index contributed by atoms with van der Waals surface area (Å²) in [7, 11) is 0. The maximum atomic E-state index is 14.1. The second kappa shape index (κ2) is 9.54. The summed E-state index contributed by atoms with van der Waals surface area (Å²) in [5.41, 5.74) is -0.613. The number of amides is 1. The van der Waals surface area contributed by atoms with Crippen LogP contribution in [0, 0.1) is 5.82 Å². The summed E-state index contributed by atoms with van der Waals surface area (Å²) in [5.74, 6) is -2.86. The molecule has 0 aliphatic carbocycles. The van der Waals surface area contributed by atoms with Crippen molar-refractivity contribution in [3.8, 4) is 17.4 Å². The molecule has 32 heavy (non-hydrogen) atoms. The van der Waals surface area contributed by atoms with E-state index in [2.05, 4.69) is 30.0 Å². The molecule has 3 aromatic rings. The molecule has 1 atom stereocenters. The Balaban J connectivity index is 1.85. The molecule has 2 heterocycles. The highest BCUT2D eigenvalue weighted by Crippen LogP contribution is 2.29. The van der Waals surface area contributed by atoms with Crippen molar-refractivity contribution in [3.63, 3.8) is 0 Å². The fourth-order valence-corrected chi connectivity index (χ4v) is 2.89. The number of hydrogen-bond donors (Lipinski definition) is 2. The molecule has 0 bridgehead atoms. The standard InChI is InChI=1S/C20H17F4N5O3/c1-2-4-13(11-5-6-15(12(21)9-11)32-20(22,23)24)28-19(31)14-10-16(30)29-18(27-14)17-25-7-3-8-26-17/h3,5-10,13H,2,4H2,1H3,(H,28,31)(H,27,29,30)/t13-/m1/s1. The van der Waals surface area contributed by atoms with E-state index in [-0.39, 0.29) is 22.9 Å². The van der Waals surface area contributed by atoms with Gasteiger partial charge in [0.1, 0.15) is 5.69 Å². The number of ether oxygens (including phenoxy) is 1. The van der Waals surface area contributed by atoms with Gasteiger partial charge in [-0.05, 0) is 30.2 Å². The number of aromatic nitrogens is 4. The third kappa shape index (κ3) is 5.86. The maximum Gasteiger partial charge on any atom is 0.573 e. The number of halogens is 4. The summed E-state index contributed by atoms with van der Waals surface area (Å²) in [5, 5.41) is 2.63. The van der Waals surface area contributed by atoms with Crippen molar-refractivity contribution in [2.75, 3.05) is 0 Å². The minimum absolute atomic E-state index is 0.0185. The molecule has 168 valence electrons. The summed E-state index contributed by atoms with van der Waals surface area (Å²) < 4.78 is 54.8. The molecule has 2 aromatic heterocycles. The molecule has 0 saturated carbocycles. The molecular weight excluding hydrogens is 434 g/mol. The van der Waals surface area contributed by atoms with Crippen LogP contribution in [0.4, 0.5) is 17.6 Å². The molecule has 0 aliphatic heterocycles. The third-order valence-electron chi connectivity index (χ3n) is 4.22. The van der Waals surface area contributed by atoms with Crippen molar-refractivity contribution < 1.29 is 27.1 Å². The molecule has 1 amide bonds. The first-order valence-corrected chi connectivity index (χ1v) is 9.41. The van der Waals surface area contributed by atoms with Crippen molar-refractivity contribution in [1.82, 2.24) is 25.3 Å². The van der Waals surface area contributed by atoms with Crippen LogP contribution in [-0.4, -0.2) is 32.2 Å². The van der Waals surface area contributed by atoms with Gasteiger partial charge >= 0.3 is 6.36 Å². The number of nitrogens with zero attached hydrogens (tertiary/aromatic N) is 3. The van der Waals surface area contributed by atoms with Crippen LogP contribution in [0.2, 0.25) is 0 Å². The largest absolute Gasteiger partial charge is 0.573 e. The van der Waals surface area contributed by atoms with Gasteiger partial charge in [0.15, 0.2) is 23.2 Å². The van der Waals surface area contributed by atoms with Crippen molar-refractivity contribution in [1.29, 1.82) is 0 Å². The van der Waals surface area contributed by atoms with E-state index in [0.29, 0.717) is 12.8 Å². The number of nitrogens with one attached hydrogen (secondary N) is 2. The molecule has 0 spiro atoms. The summed E-state index contributed by atoms with van der Waals surface area (Å²) in [6.45, 7) is 1.81. The lowest BCUT2D eigenvalue weighted by Crippen LogP contribution is -2.30. The number of carbonyl (C=O) groups excluding carboxylic acids is 1. The van der Waals surface area contributed by atoms with Crippen LogP contribution in [0.25, 0.3) is 11.6 Å². The number of benzene rings is 1. The second-order valence-corrected chi connectivity index (χ2v) is 6.60. The van der Waals surface area contributed by atoms with Gasteiger partial charge in [-0.3, -0.25) is 9.59 Å². The Hall–Kier alpha value is -3.83. The van der Waals surface area contributed by atoms with Crippen LogP contribution in [0.5, 0.6) is 5.75 Å². The Morgan fingerprint density at radius 2 is 1.94 bits per heavy atom. The highest BCUT2D eigenvalue weighted by Gasteiger charge is 2.32. The summed E-state index contributed by atoms with van der Waals surface area (Å²) in [6, 6.07) is 4.71. The lowest BCUT2D eigenvalue weighted by molar-refractivity contribution is -0.275. The Kier molecular flexibility index (Phi) is 6.81. The van der Waals surface area contributed by atoms with Crippen molar-refractivity contribution in [2.45, 2.75) is 32.2 Å². The van der Waals surface area contributed by atoms with Crippen LogP contribution >= 0.6 is 0 Å². The molecule has 0 radical (unpaired) electrons. The van der Waals surface area contributed by atoms with Gasteiger partial charge in [-0.2, -0.15) is 0 Å². The van der Waals surface area contributed by atoms with E-state index in [1.165, 1.54) is 18.5 Å². The molecule has 2 N–H and O–H groups in total. The minimum Gasteiger partial charge on any atom is -0.403 e. The molecule has 8 nitrogen and oxygen atoms in total. The molecule has 1 aromatic carbocycles. The Labute approximate surface area is 178 Å². The molecule has 0 aliphatic rings. The topological polar surface area (TPSA) is 110 Å². The number of aromatic amines is 1. The SMILES string of the molecule is CCC[C@@H](NC(=O)c1cc(=O)[nH]c(-c2ncccn2)n1)c1ccc(OC(F)(F)F)c(F)c1. The summed E-state index contributed by atoms with van der Waals surface area (Å²) >= 11 is 0. The number of alkyl halides is 3. The second-order valence-electron chi connectivity index (χ2n) is 6.60. The molecule has 0 fully saturated rings. The number of H-pyrrole nitrogens is 1. The van der Waals surface area contributed by atoms with Crippen LogP contribution in [0.1, 0.15) is 41.9 Å².